The number of carbonyl (C=O) groups excluding carboxylic acids is 1. The number of hydrogen-bond acceptors (Lipinski definition) is 4. The lowest BCUT2D eigenvalue weighted by molar-refractivity contribution is -0.132. The first-order valence-corrected chi connectivity index (χ1v) is 10.0. The number of ether oxygens (including phenoxy) is 1. The van der Waals surface area contributed by atoms with Gasteiger partial charge < -0.3 is 9.64 Å². The van der Waals surface area contributed by atoms with E-state index in [9.17, 15) is 4.79 Å². The van der Waals surface area contributed by atoms with Gasteiger partial charge in [0.15, 0.2) is 5.65 Å². The third kappa shape index (κ3) is 3.86. The van der Waals surface area contributed by atoms with Crippen molar-refractivity contribution < 1.29 is 9.53 Å². The first kappa shape index (κ1) is 18.5. The van der Waals surface area contributed by atoms with Gasteiger partial charge in [0, 0.05) is 31.6 Å². The van der Waals surface area contributed by atoms with Crippen LogP contribution in [0.3, 0.4) is 0 Å². The third-order valence-electron chi connectivity index (χ3n) is 5.36. The molecule has 0 bridgehead atoms. The number of aryl methyl sites for hydroxylation is 1. The zero-order valence-corrected chi connectivity index (χ0v) is 16.3. The molecule has 2 aromatic heterocycles. The molecule has 0 aliphatic carbocycles. The summed E-state index contributed by atoms with van der Waals surface area (Å²) in [5, 5.41) is 8.66. The third-order valence-corrected chi connectivity index (χ3v) is 5.36. The second-order valence-corrected chi connectivity index (χ2v) is 7.21. The van der Waals surface area contributed by atoms with Gasteiger partial charge in [0.05, 0.1) is 6.61 Å². The zero-order valence-electron chi connectivity index (χ0n) is 16.3. The summed E-state index contributed by atoms with van der Waals surface area (Å²) in [6, 6.07) is 13.9. The lowest BCUT2D eigenvalue weighted by atomic mass is 9.96. The number of piperidine rings is 1. The Hall–Kier alpha value is -2.89. The smallest absolute Gasteiger partial charge is 0.222 e. The first-order chi connectivity index (χ1) is 13.8. The SMILES string of the molecule is CCOc1ccccc1CCC(=O)N1CCC[C@@H](c2nnc3ccccn23)C1. The van der Waals surface area contributed by atoms with E-state index < -0.39 is 0 Å². The molecule has 6 nitrogen and oxygen atoms in total. The van der Waals surface area contributed by atoms with Gasteiger partial charge in [-0.15, -0.1) is 10.2 Å². The Kier molecular flexibility index (Phi) is 5.55. The Balaban J connectivity index is 1.41. The molecule has 3 aromatic rings. The minimum atomic E-state index is 0.199. The number of hydrogen-bond donors (Lipinski definition) is 0. The molecule has 1 saturated heterocycles. The molecule has 1 aliphatic heterocycles. The molecule has 0 N–H and O–H groups in total. The van der Waals surface area contributed by atoms with Crippen molar-refractivity contribution in [3.8, 4) is 5.75 Å². The van der Waals surface area contributed by atoms with Crippen molar-refractivity contribution in [3.05, 3.63) is 60.0 Å². The van der Waals surface area contributed by atoms with Gasteiger partial charge in [-0.3, -0.25) is 9.20 Å². The molecule has 1 atom stereocenters. The number of benzene rings is 1. The van der Waals surface area contributed by atoms with E-state index in [-0.39, 0.29) is 11.8 Å². The fraction of sp³-hybridized carbons (Fsp3) is 0.409. The second kappa shape index (κ2) is 8.42. The summed E-state index contributed by atoms with van der Waals surface area (Å²) in [4.78, 5) is 14.8. The van der Waals surface area contributed by atoms with Crippen LogP contribution in [0.1, 0.15) is 43.5 Å². The van der Waals surface area contributed by atoms with Crippen molar-refractivity contribution in [1.29, 1.82) is 0 Å². The van der Waals surface area contributed by atoms with Crippen LogP contribution >= 0.6 is 0 Å². The highest BCUT2D eigenvalue weighted by Crippen LogP contribution is 2.27. The van der Waals surface area contributed by atoms with Gasteiger partial charge in [-0.25, -0.2) is 0 Å². The predicted molar refractivity (Wildman–Crippen MR) is 107 cm³/mol. The van der Waals surface area contributed by atoms with Crippen LogP contribution in [0.25, 0.3) is 5.65 Å². The van der Waals surface area contributed by atoms with Crippen LogP contribution in [0.15, 0.2) is 48.7 Å². The Bertz CT molecular complexity index is 952. The van der Waals surface area contributed by atoms with Crippen molar-refractivity contribution in [3.63, 3.8) is 0 Å². The van der Waals surface area contributed by atoms with Gasteiger partial charge in [0.25, 0.3) is 0 Å². The van der Waals surface area contributed by atoms with E-state index in [1.54, 1.807) is 0 Å². The van der Waals surface area contributed by atoms with Crippen LogP contribution in [0.2, 0.25) is 0 Å². The molecule has 146 valence electrons. The standard InChI is InChI=1S/C22H26N4O2/c1-2-28-19-10-4-3-8-17(19)12-13-21(27)25-14-7-9-18(16-25)22-24-23-20-11-5-6-15-26(20)22/h3-6,8,10-11,15,18H,2,7,9,12-14,16H2,1H3/t18-/m1/s1. The molecule has 0 radical (unpaired) electrons. The summed E-state index contributed by atoms with van der Waals surface area (Å²) < 4.78 is 7.72. The largest absolute Gasteiger partial charge is 0.494 e. The zero-order chi connectivity index (χ0) is 19.3. The quantitative estimate of drug-likeness (QED) is 0.659. The van der Waals surface area contributed by atoms with Crippen LogP contribution in [0.4, 0.5) is 0 Å². The van der Waals surface area contributed by atoms with Gasteiger partial charge in [-0.2, -0.15) is 0 Å². The highest BCUT2D eigenvalue weighted by molar-refractivity contribution is 5.76. The lowest BCUT2D eigenvalue weighted by Crippen LogP contribution is -2.39. The highest BCUT2D eigenvalue weighted by Gasteiger charge is 2.27. The molecule has 0 unspecified atom stereocenters. The number of pyridine rings is 1. The Morgan fingerprint density at radius 1 is 1.18 bits per heavy atom. The second-order valence-electron chi connectivity index (χ2n) is 7.21. The Labute approximate surface area is 165 Å². The number of likely N-dealkylation sites (tertiary alicyclic amines) is 1. The van der Waals surface area contributed by atoms with Crippen LogP contribution in [0.5, 0.6) is 5.75 Å². The molecule has 1 aromatic carbocycles. The van der Waals surface area contributed by atoms with Crippen molar-refractivity contribution >= 4 is 11.6 Å². The Morgan fingerprint density at radius 3 is 2.93 bits per heavy atom. The van der Waals surface area contributed by atoms with Gasteiger partial charge in [0.2, 0.25) is 5.91 Å². The van der Waals surface area contributed by atoms with Crippen LogP contribution < -0.4 is 4.74 Å². The maximum atomic E-state index is 12.9. The minimum Gasteiger partial charge on any atom is -0.494 e. The molecular weight excluding hydrogens is 352 g/mol. The van der Waals surface area contributed by atoms with Gasteiger partial charge in [-0.1, -0.05) is 24.3 Å². The minimum absolute atomic E-state index is 0.199. The monoisotopic (exact) mass is 378 g/mol. The molecule has 0 saturated carbocycles. The van der Waals surface area contributed by atoms with Crippen LogP contribution in [0, 0.1) is 0 Å². The summed E-state index contributed by atoms with van der Waals surface area (Å²) in [6.07, 6.45) is 5.22. The Morgan fingerprint density at radius 2 is 2.04 bits per heavy atom. The van der Waals surface area contributed by atoms with Crippen molar-refractivity contribution in [1.82, 2.24) is 19.5 Å². The van der Waals surface area contributed by atoms with Gasteiger partial charge in [-0.05, 0) is 49.9 Å². The molecule has 1 fully saturated rings. The molecular formula is C22H26N4O2. The normalized spacial score (nSPS) is 17.0. The number of amides is 1. The predicted octanol–water partition coefficient (Wildman–Crippen LogP) is 3.47. The lowest BCUT2D eigenvalue weighted by Gasteiger charge is -2.32. The van der Waals surface area contributed by atoms with Crippen molar-refractivity contribution in [2.24, 2.45) is 0 Å². The number of para-hydroxylation sites is 1. The number of nitrogens with zero attached hydrogens (tertiary/aromatic N) is 4. The van der Waals surface area contributed by atoms with E-state index >= 15 is 0 Å². The van der Waals surface area contributed by atoms with Crippen molar-refractivity contribution in [2.75, 3.05) is 19.7 Å². The summed E-state index contributed by atoms with van der Waals surface area (Å²) >= 11 is 0. The fourth-order valence-corrected chi connectivity index (χ4v) is 3.96. The average Bonchev–Trinajstić information content (AvgIpc) is 3.17. The maximum absolute atomic E-state index is 12.9. The molecule has 3 heterocycles. The maximum Gasteiger partial charge on any atom is 0.222 e. The number of rotatable bonds is 6. The number of fused-ring (bicyclic) bond motifs is 1. The molecule has 1 amide bonds. The average molecular weight is 378 g/mol. The van der Waals surface area contributed by atoms with E-state index in [0.29, 0.717) is 26.0 Å². The number of aromatic nitrogens is 3. The molecule has 28 heavy (non-hydrogen) atoms. The van der Waals surface area contributed by atoms with E-state index in [1.807, 2.05) is 64.9 Å². The summed E-state index contributed by atoms with van der Waals surface area (Å²) in [5.41, 5.74) is 1.95. The van der Waals surface area contributed by atoms with Crippen molar-refractivity contribution in [2.45, 2.75) is 38.5 Å². The molecule has 6 heteroatoms. The highest BCUT2D eigenvalue weighted by atomic mass is 16.5. The van der Waals surface area contributed by atoms with Crippen LogP contribution in [-0.2, 0) is 11.2 Å². The topological polar surface area (TPSA) is 59.7 Å². The summed E-state index contributed by atoms with van der Waals surface area (Å²) in [7, 11) is 0. The fourth-order valence-electron chi connectivity index (χ4n) is 3.96. The molecule has 4 rings (SSSR count). The summed E-state index contributed by atoms with van der Waals surface area (Å²) in [6.45, 7) is 4.13. The van der Waals surface area contributed by atoms with Gasteiger partial charge >= 0.3 is 0 Å². The first-order valence-electron chi connectivity index (χ1n) is 10.0. The number of carbonyl (C=O) groups is 1. The van der Waals surface area contributed by atoms with Crippen LogP contribution in [-0.4, -0.2) is 45.1 Å². The van der Waals surface area contributed by atoms with E-state index in [1.165, 1.54) is 0 Å². The summed E-state index contributed by atoms with van der Waals surface area (Å²) in [5.74, 6) is 2.26. The van der Waals surface area contributed by atoms with E-state index in [0.717, 1.165) is 42.2 Å². The van der Waals surface area contributed by atoms with E-state index in [2.05, 4.69) is 10.2 Å². The van der Waals surface area contributed by atoms with Gasteiger partial charge in [0.1, 0.15) is 11.6 Å². The molecule has 0 spiro atoms. The molecule has 1 aliphatic rings. The van der Waals surface area contributed by atoms with E-state index in [4.69, 9.17) is 4.74 Å².